The van der Waals surface area contributed by atoms with E-state index in [1.54, 1.807) is 0 Å². The molecule has 1 saturated heterocycles. The lowest BCUT2D eigenvalue weighted by Gasteiger charge is -2.42. The lowest BCUT2D eigenvalue weighted by Crippen LogP contribution is -2.46. The first-order chi connectivity index (χ1) is 11.5. The van der Waals surface area contributed by atoms with Crippen molar-refractivity contribution in [2.45, 2.75) is 78.0 Å². The Hall–Kier alpha value is -1.44. The number of fused-ring (bicyclic) bond motifs is 1. The summed E-state index contributed by atoms with van der Waals surface area (Å²) in [5, 5.41) is 0. The summed E-state index contributed by atoms with van der Waals surface area (Å²) in [7, 11) is 0. The molecule has 2 fully saturated rings. The molecule has 1 aliphatic carbocycles. The quantitative estimate of drug-likeness (QED) is 0.725. The molecule has 4 rings (SSSR count). The molecule has 2 aliphatic heterocycles. The lowest BCUT2D eigenvalue weighted by molar-refractivity contribution is 0.106. The van der Waals surface area contributed by atoms with Gasteiger partial charge in [0.05, 0.1) is 12.2 Å². The predicted octanol–water partition coefficient (Wildman–Crippen LogP) is 5.33. The van der Waals surface area contributed by atoms with Crippen LogP contribution in [0.3, 0.4) is 0 Å². The average Bonchev–Trinajstić information content (AvgIpc) is 3.07. The highest BCUT2D eigenvalue weighted by Gasteiger charge is 2.55. The van der Waals surface area contributed by atoms with Crippen LogP contribution in [-0.2, 0) is 0 Å². The van der Waals surface area contributed by atoms with E-state index >= 15 is 0 Å². The van der Waals surface area contributed by atoms with Crippen molar-refractivity contribution in [3.05, 3.63) is 42.1 Å². The van der Waals surface area contributed by atoms with Gasteiger partial charge < -0.3 is 9.80 Å². The molecular weight excluding hydrogens is 292 g/mol. The van der Waals surface area contributed by atoms with Crippen LogP contribution in [0.2, 0.25) is 0 Å². The van der Waals surface area contributed by atoms with Crippen molar-refractivity contribution in [1.82, 2.24) is 4.90 Å². The Kier molecular flexibility index (Phi) is 3.89. The molecule has 0 spiro atoms. The summed E-state index contributed by atoms with van der Waals surface area (Å²) in [6.45, 7) is 9.60. The lowest BCUT2D eigenvalue weighted by atomic mass is 9.65. The van der Waals surface area contributed by atoms with Gasteiger partial charge in [-0.15, -0.1) is 0 Å². The van der Waals surface area contributed by atoms with Gasteiger partial charge in [-0.3, -0.25) is 0 Å². The van der Waals surface area contributed by atoms with E-state index in [0.717, 1.165) is 5.92 Å². The largest absolute Gasteiger partial charge is 0.352 e. The molecule has 2 nitrogen and oxygen atoms in total. The van der Waals surface area contributed by atoms with Crippen LogP contribution < -0.4 is 4.90 Å². The topological polar surface area (TPSA) is 6.48 Å². The third kappa shape index (κ3) is 2.22. The smallest absolute Gasteiger partial charge is 0.0989 e. The Labute approximate surface area is 147 Å². The molecule has 0 bridgehead atoms. The van der Waals surface area contributed by atoms with Crippen molar-refractivity contribution in [3.8, 4) is 0 Å². The molecule has 0 N–H and O–H groups in total. The fourth-order valence-corrected chi connectivity index (χ4v) is 5.90. The van der Waals surface area contributed by atoms with Crippen molar-refractivity contribution in [1.29, 1.82) is 0 Å². The molecule has 0 radical (unpaired) electrons. The van der Waals surface area contributed by atoms with E-state index < -0.39 is 0 Å². The number of hydrogen-bond acceptors (Lipinski definition) is 2. The zero-order valence-corrected chi connectivity index (χ0v) is 15.7. The first-order valence-electron chi connectivity index (χ1n) is 9.85. The summed E-state index contributed by atoms with van der Waals surface area (Å²) >= 11 is 0. The first kappa shape index (κ1) is 16.1. The summed E-state index contributed by atoms with van der Waals surface area (Å²) in [5.74, 6) is 0.851. The minimum absolute atomic E-state index is 0.325. The van der Waals surface area contributed by atoms with Gasteiger partial charge in [0.15, 0.2) is 0 Å². The molecule has 2 heteroatoms. The van der Waals surface area contributed by atoms with Crippen molar-refractivity contribution in [2.24, 2.45) is 11.3 Å². The SMILES string of the molecule is Cc1ccccc1N1C(C)N2C=CC(C)(C3CCCCC3)C2[C@@H]1C. The monoisotopic (exact) mass is 324 g/mol. The van der Waals surface area contributed by atoms with Crippen LogP contribution in [0.25, 0.3) is 0 Å². The molecule has 130 valence electrons. The number of benzene rings is 1. The van der Waals surface area contributed by atoms with Crippen molar-refractivity contribution in [2.75, 3.05) is 4.90 Å². The highest BCUT2D eigenvalue weighted by molar-refractivity contribution is 5.56. The van der Waals surface area contributed by atoms with Crippen LogP contribution in [0.15, 0.2) is 36.5 Å². The van der Waals surface area contributed by atoms with Gasteiger partial charge in [0.1, 0.15) is 0 Å². The van der Waals surface area contributed by atoms with Crippen LogP contribution in [-0.4, -0.2) is 23.1 Å². The summed E-state index contributed by atoms with van der Waals surface area (Å²) in [6, 6.07) is 10.0. The third-order valence-corrected chi connectivity index (χ3v) is 7.17. The van der Waals surface area contributed by atoms with E-state index in [1.165, 1.54) is 43.4 Å². The Morgan fingerprint density at radius 1 is 1.04 bits per heavy atom. The minimum Gasteiger partial charge on any atom is -0.352 e. The number of aryl methyl sites for hydroxylation is 1. The Bertz CT molecular complexity index is 631. The number of anilines is 1. The van der Waals surface area contributed by atoms with E-state index in [4.69, 9.17) is 0 Å². The van der Waals surface area contributed by atoms with Gasteiger partial charge in [-0.05, 0) is 57.4 Å². The van der Waals surface area contributed by atoms with E-state index in [1.807, 2.05) is 0 Å². The van der Waals surface area contributed by atoms with Gasteiger partial charge in [0.25, 0.3) is 0 Å². The van der Waals surface area contributed by atoms with E-state index in [-0.39, 0.29) is 0 Å². The maximum absolute atomic E-state index is 2.66. The summed E-state index contributed by atoms with van der Waals surface area (Å²) in [6.07, 6.45) is 12.5. The number of rotatable bonds is 2. The maximum atomic E-state index is 2.66. The van der Waals surface area contributed by atoms with Crippen LogP contribution in [0, 0.1) is 18.3 Å². The molecule has 1 aromatic carbocycles. The molecule has 1 aromatic rings. The number of hydrogen-bond donors (Lipinski definition) is 0. The molecule has 3 unspecified atom stereocenters. The number of nitrogens with zero attached hydrogens (tertiary/aromatic N) is 2. The van der Waals surface area contributed by atoms with Gasteiger partial charge in [-0.2, -0.15) is 0 Å². The fourth-order valence-electron chi connectivity index (χ4n) is 5.90. The summed E-state index contributed by atoms with van der Waals surface area (Å²) < 4.78 is 0. The second kappa shape index (κ2) is 5.82. The van der Waals surface area contributed by atoms with Gasteiger partial charge in [0, 0.05) is 17.1 Å². The van der Waals surface area contributed by atoms with E-state index in [2.05, 4.69) is 74.0 Å². The normalized spacial score (nSPS) is 36.4. The molecule has 1 saturated carbocycles. The maximum Gasteiger partial charge on any atom is 0.0989 e. The number of para-hydroxylation sites is 1. The molecule has 2 heterocycles. The molecule has 24 heavy (non-hydrogen) atoms. The highest BCUT2D eigenvalue weighted by atomic mass is 15.5. The molecule has 3 aliphatic rings. The molecule has 0 aromatic heterocycles. The third-order valence-electron chi connectivity index (χ3n) is 7.17. The standard InChI is InChI=1S/C22H32N2/c1-16-10-8-9-13-20(16)24-17(2)21-22(4,14-15-23(21)18(24)3)19-11-6-5-7-12-19/h8-10,13-15,17-19,21H,5-7,11-12H2,1-4H3/t17-,18?,21?,22?/m0/s1. The molecular formula is C22H32N2. The van der Waals surface area contributed by atoms with E-state index in [9.17, 15) is 0 Å². The Balaban J connectivity index is 1.68. The van der Waals surface area contributed by atoms with Gasteiger partial charge in [-0.25, -0.2) is 0 Å². The van der Waals surface area contributed by atoms with Crippen LogP contribution >= 0.6 is 0 Å². The Morgan fingerprint density at radius 3 is 2.46 bits per heavy atom. The highest BCUT2D eigenvalue weighted by Crippen LogP contribution is 2.52. The van der Waals surface area contributed by atoms with Gasteiger partial charge in [-0.1, -0.05) is 50.5 Å². The zero-order chi connectivity index (χ0) is 16.9. The summed E-state index contributed by atoms with van der Waals surface area (Å²) in [5.41, 5.74) is 3.12. The van der Waals surface area contributed by atoms with Crippen molar-refractivity contribution in [3.63, 3.8) is 0 Å². The van der Waals surface area contributed by atoms with E-state index in [0.29, 0.717) is 23.7 Å². The predicted molar refractivity (Wildman–Crippen MR) is 102 cm³/mol. The van der Waals surface area contributed by atoms with Crippen molar-refractivity contribution >= 4 is 5.69 Å². The summed E-state index contributed by atoms with van der Waals surface area (Å²) in [4.78, 5) is 5.30. The van der Waals surface area contributed by atoms with Crippen molar-refractivity contribution < 1.29 is 0 Å². The van der Waals surface area contributed by atoms with Crippen LogP contribution in [0.1, 0.15) is 58.4 Å². The average molecular weight is 325 g/mol. The zero-order valence-electron chi connectivity index (χ0n) is 15.7. The fraction of sp³-hybridized carbons (Fsp3) is 0.636. The second-order valence-electron chi connectivity index (χ2n) is 8.47. The van der Waals surface area contributed by atoms with Crippen LogP contribution in [0.5, 0.6) is 0 Å². The molecule has 4 atom stereocenters. The van der Waals surface area contributed by atoms with Gasteiger partial charge >= 0.3 is 0 Å². The molecule has 0 amide bonds. The van der Waals surface area contributed by atoms with Gasteiger partial charge in [0.2, 0.25) is 0 Å². The minimum atomic E-state index is 0.325. The Morgan fingerprint density at radius 2 is 1.75 bits per heavy atom. The second-order valence-corrected chi connectivity index (χ2v) is 8.47. The first-order valence-corrected chi connectivity index (χ1v) is 9.85. The van der Waals surface area contributed by atoms with Crippen LogP contribution in [0.4, 0.5) is 5.69 Å².